The lowest BCUT2D eigenvalue weighted by Gasteiger charge is -2.08. The van der Waals surface area contributed by atoms with Gasteiger partial charge in [0.2, 0.25) is 0 Å². The number of hydrogen-bond acceptors (Lipinski definition) is 4. The van der Waals surface area contributed by atoms with E-state index in [1.54, 1.807) is 38.5 Å². The molecule has 0 spiro atoms. The molecule has 0 amide bonds. The van der Waals surface area contributed by atoms with E-state index in [0.29, 0.717) is 17.1 Å². The van der Waals surface area contributed by atoms with Crippen LogP contribution >= 0.6 is 11.8 Å². The van der Waals surface area contributed by atoms with Crippen molar-refractivity contribution >= 4 is 23.6 Å². The highest BCUT2D eigenvalue weighted by atomic mass is 32.2. The summed E-state index contributed by atoms with van der Waals surface area (Å²) >= 11 is 1.92. The second-order valence-electron chi connectivity index (χ2n) is 10.1. The van der Waals surface area contributed by atoms with Gasteiger partial charge in [-0.3, -0.25) is 4.79 Å². The molecule has 0 saturated carbocycles. The lowest BCUT2D eigenvalue weighted by molar-refractivity contribution is 0.104. The molecule has 0 aromatic heterocycles. The van der Waals surface area contributed by atoms with Crippen molar-refractivity contribution in [2.24, 2.45) is 0 Å². The molecule has 0 aliphatic heterocycles. The highest BCUT2D eigenvalue weighted by Gasteiger charge is 2.11. The van der Waals surface area contributed by atoms with Crippen LogP contribution in [0.4, 0.5) is 0 Å². The van der Waals surface area contributed by atoms with Crippen molar-refractivity contribution in [1.82, 2.24) is 0 Å². The van der Waals surface area contributed by atoms with Gasteiger partial charge in [-0.2, -0.15) is 0 Å². The lowest BCUT2D eigenvalue weighted by atomic mass is 10.0. The van der Waals surface area contributed by atoms with Gasteiger partial charge in [0.15, 0.2) is 5.78 Å². The Balaban J connectivity index is 1.53. The normalized spacial score (nSPS) is 11.2. The fraction of sp³-hybridized carbons (Fsp3) is 0.559. The number of benzene rings is 2. The van der Waals surface area contributed by atoms with Gasteiger partial charge in [0.25, 0.3) is 0 Å². The molecule has 2 aromatic carbocycles. The van der Waals surface area contributed by atoms with Crippen LogP contribution in [0.15, 0.2) is 53.4 Å². The summed E-state index contributed by atoms with van der Waals surface area (Å²) < 4.78 is 10.6. The number of methoxy groups -OCH3 is 2. The largest absolute Gasteiger partial charge is 0.497 e. The summed E-state index contributed by atoms with van der Waals surface area (Å²) in [5.41, 5.74) is 1.51. The summed E-state index contributed by atoms with van der Waals surface area (Å²) in [5, 5.41) is 0. The number of carbonyl (C=O) groups excluding carboxylic acids is 1. The first-order chi connectivity index (χ1) is 18.7. The molecule has 0 fully saturated rings. The van der Waals surface area contributed by atoms with E-state index in [4.69, 9.17) is 9.47 Å². The van der Waals surface area contributed by atoms with Crippen LogP contribution in [0.3, 0.4) is 0 Å². The van der Waals surface area contributed by atoms with Gasteiger partial charge in [-0.15, -0.1) is 11.8 Å². The fourth-order valence-electron chi connectivity index (χ4n) is 4.61. The lowest BCUT2D eigenvalue weighted by Crippen LogP contribution is -1.99. The topological polar surface area (TPSA) is 35.5 Å². The minimum absolute atomic E-state index is 0.104. The van der Waals surface area contributed by atoms with E-state index in [0.717, 1.165) is 5.56 Å². The predicted molar refractivity (Wildman–Crippen MR) is 165 cm³/mol. The van der Waals surface area contributed by atoms with E-state index in [1.165, 1.54) is 107 Å². The Kier molecular flexibility index (Phi) is 17.5. The summed E-state index contributed by atoms with van der Waals surface area (Å²) in [7, 11) is 3.16. The van der Waals surface area contributed by atoms with Gasteiger partial charge < -0.3 is 9.47 Å². The molecule has 0 aliphatic carbocycles. The number of allylic oxidation sites excluding steroid dienone is 1. The first-order valence-electron chi connectivity index (χ1n) is 14.8. The molecule has 3 nitrogen and oxygen atoms in total. The van der Waals surface area contributed by atoms with Gasteiger partial charge in [-0.25, -0.2) is 0 Å². The average Bonchev–Trinajstić information content (AvgIpc) is 2.95. The molecular formula is C34H50O3S. The molecule has 2 aromatic rings. The molecular weight excluding hydrogens is 488 g/mol. The summed E-state index contributed by atoms with van der Waals surface area (Å²) in [5.74, 6) is 2.25. The molecule has 0 bridgehead atoms. The minimum atomic E-state index is -0.104. The van der Waals surface area contributed by atoms with Gasteiger partial charge in [0.1, 0.15) is 11.5 Å². The van der Waals surface area contributed by atoms with Crippen molar-refractivity contribution < 1.29 is 14.3 Å². The van der Waals surface area contributed by atoms with Crippen LogP contribution in [0, 0.1) is 0 Å². The molecule has 0 aliphatic rings. The first-order valence-corrected chi connectivity index (χ1v) is 15.8. The summed E-state index contributed by atoms with van der Waals surface area (Å²) in [6.07, 6.45) is 24.5. The molecule has 0 saturated heterocycles. The van der Waals surface area contributed by atoms with Gasteiger partial charge in [-0.05, 0) is 54.1 Å². The van der Waals surface area contributed by atoms with Crippen LogP contribution in [0.25, 0.3) is 6.08 Å². The maximum Gasteiger partial charge on any atom is 0.189 e. The Hall–Kier alpha value is -2.20. The Morgan fingerprint density at radius 2 is 1.26 bits per heavy atom. The average molecular weight is 539 g/mol. The number of ketones is 1. The highest BCUT2D eigenvalue weighted by Crippen LogP contribution is 2.25. The first kappa shape index (κ1) is 32.0. The number of thioether (sulfide) groups is 1. The van der Waals surface area contributed by atoms with Crippen LogP contribution in [0.1, 0.15) is 119 Å². The Morgan fingerprint density at radius 3 is 1.79 bits per heavy atom. The predicted octanol–water partition coefficient (Wildman–Crippen LogP) is 10.6. The highest BCUT2D eigenvalue weighted by molar-refractivity contribution is 7.99. The quantitative estimate of drug-likeness (QED) is 0.0646. The number of rotatable bonds is 22. The maximum atomic E-state index is 12.7. The van der Waals surface area contributed by atoms with Crippen LogP contribution in [0.5, 0.6) is 11.5 Å². The summed E-state index contributed by atoms with van der Waals surface area (Å²) in [6.45, 7) is 2.29. The fourth-order valence-corrected chi connectivity index (χ4v) is 5.52. The van der Waals surface area contributed by atoms with Crippen molar-refractivity contribution in [3.8, 4) is 11.5 Å². The zero-order chi connectivity index (χ0) is 27.3. The molecule has 2 rings (SSSR count). The van der Waals surface area contributed by atoms with E-state index in [9.17, 15) is 4.79 Å². The third kappa shape index (κ3) is 13.6. The third-order valence-electron chi connectivity index (χ3n) is 7.00. The zero-order valence-electron chi connectivity index (χ0n) is 24.1. The Labute approximate surface area is 236 Å². The maximum absolute atomic E-state index is 12.7. The second kappa shape index (κ2) is 20.7. The van der Waals surface area contributed by atoms with E-state index in [2.05, 4.69) is 31.2 Å². The molecule has 0 radical (unpaired) electrons. The van der Waals surface area contributed by atoms with Crippen LogP contribution in [-0.2, 0) is 0 Å². The van der Waals surface area contributed by atoms with Crippen molar-refractivity contribution in [1.29, 1.82) is 0 Å². The van der Waals surface area contributed by atoms with E-state index >= 15 is 0 Å². The monoisotopic (exact) mass is 538 g/mol. The van der Waals surface area contributed by atoms with Gasteiger partial charge in [0, 0.05) is 4.90 Å². The SMILES string of the molecule is CCCCCCCCCCCCCCCCCSc1ccc(C=CC(=O)c2cc(OC)ccc2OC)cc1. The summed E-state index contributed by atoms with van der Waals surface area (Å²) in [6, 6.07) is 13.7. The molecule has 4 heteroatoms. The number of hydrogen-bond donors (Lipinski definition) is 0. The van der Waals surface area contributed by atoms with Crippen molar-refractivity contribution in [3.05, 3.63) is 59.7 Å². The number of unbranched alkanes of at least 4 members (excludes halogenated alkanes) is 14. The van der Waals surface area contributed by atoms with E-state index in [1.807, 2.05) is 17.8 Å². The number of ether oxygens (including phenoxy) is 2. The van der Waals surface area contributed by atoms with Gasteiger partial charge >= 0.3 is 0 Å². The second-order valence-corrected chi connectivity index (χ2v) is 11.3. The van der Waals surface area contributed by atoms with E-state index < -0.39 is 0 Å². The Morgan fingerprint density at radius 1 is 0.711 bits per heavy atom. The van der Waals surface area contributed by atoms with Crippen molar-refractivity contribution in [3.63, 3.8) is 0 Å². The van der Waals surface area contributed by atoms with E-state index in [-0.39, 0.29) is 5.78 Å². The van der Waals surface area contributed by atoms with Gasteiger partial charge in [-0.1, -0.05) is 115 Å². The van der Waals surface area contributed by atoms with Crippen molar-refractivity contribution in [2.75, 3.05) is 20.0 Å². The Bertz CT molecular complexity index is 920. The van der Waals surface area contributed by atoms with Crippen molar-refractivity contribution in [2.45, 2.75) is 108 Å². The third-order valence-corrected chi connectivity index (χ3v) is 8.09. The minimum Gasteiger partial charge on any atom is -0.497 e. The summed E-state index contributed by atoms with van der Waals surface area (Å²) in [4.78, 5) is 14.0. The molecule has 0 atom stereocenters. The molecule has 210 valence electrons. The van der Waals surface area contributed by atoms with Gasteiger partial charge in [0.05, 0.1) is 19.8 Å². The molecule has 38 heavy (non-hydrogen) atoms. The van der Waals surface area contributed by atoms with Crippen LogP contribution in [0.2, 0.25) is 0 Å². The smallest absolute Gasteiger partial charge is 0.189 e. The van der Waals surface area contributed by atoms with Crippen LogP contribution < -0.4 is 9.47 Å². The standard InChI is InChI=1S/C34H50O3S/c1-4-5-6-7-8-9-10-11-12-13-14-15-16-17-18-27-38-31-23-19-29(20-24-31)21-25-33(35)32-28-30(36-2)22-26-34(32)37-3/h19-26,28H,4-18,27H2,1-3H3. The molecule has 0 N–H and O–H groups in total. The molecule has 0 heterocycles. The number of carbonyl (C=O) groups is 1. The van der Waals surface area contributed by atoms with Crippen LogP contribution in [-0.4, -0.2) is 25.8 Å². The molecule has 0 unspecified atom stereocenters. The zero-order valence-corrected chi connectivity index (χ0v) is 25.0.